The lowest BCUT2D eigenvalue weighted by Crippen LogP contribution is -2.10. The van der Waals surface area contributed by atoms with Crippen molar-refractivity contribution in [2.45, 2.75) is 83.2 Å². The summed E-state index contributed by atoms with van der Waals surface area (Å²) in [7, 11) is 0. The van der Waals surface area contributed by atoms with Gasteiger partial charge in [0.05, 0.1) is 6.10 Å². The van der Waals surface area contributed by atoms with E-state index in [1.807, 2.05) is 0 Å². The van der Waals surface area contributed by atoms with Crippen molar-refractivity contribution >= 4 is 0 Å². The number of aliphatic hydroxyl groups is 1. The van der Waals surface area contributed by atoms with E-state index in [0.29, 0.717) is 11.8 Å². The van der Waals surface area contributed by atoms with Gasteiger partial charge in [0, 0.05) is 0 Å². The van der Waals surface area contributed by atoms with E-state index in [1.165, 1.54) is 63.4 Å². The normalized spacial score (nSPS) is 22.2. The summed E-state index contributed by atoms with van der Waals surface area (Å²) in [6.07, 6.45) is 12.9. The maximum absolute atomic E-state index is 10.3. The fourth-order valence-electron chi connectivity index (χ4n) is 3.42. The molecule has 0 radical (unpaired) electrons. The molecule has 3 atom stereocenters. The molecule has 1 N–H and O–H groups in total. The molecule has 0 heterocycles. The Morgan fingerprint density at radius 3 is 2.24 bits per heavy atom. The molecule has 1 aromatic rings. The van der Waals surface area contributed by atoms with E-state index in [0.717, 1.165) is 6.42 Å². The van der Waals surface area contributed by atoms with Gasteiger partial charge in [-0.05, 0) is 30.2 Å². The molecule has 21 heavy (non-hydrogen) atoms. The maximum atomic E-state index is 10.3. The number of hydrogen-bond acceptors (Lipinski definition) is 1. The first-order valence-electron chi connectivity index (χ1n) is 9.06. The van der Waals surface area contributed by atoms with E-state index in [4.69, 9.17) is 0 Å². The van der Waals surface area contributed by atoms with Crippen molar-refractivity contribution in [3.63, 3.8) is 0 Å². The van der Waals surface area contributed by atoms with Crippen molar-refractivity contribution in [1.29, 1.82) is 0 Å². The third-order valence-electron chi connectivity index (χ3n) is 4.92. The molecule has 1 aliphatic rings. The first kappa shape index (κ1) is 16.5. The molecule has 1 saturated carbocycles. The summed E-state index contributed by atoms with van der Waals surface area (Å²) in [4.78, 5) is 0. The van der Waals surface area contributed by atoms with Gasteiger partial charge >= 0.3 is 0 Å². The van der Waals surface area contributed by atoms with Crippen LogP contribution in [0, 0.1) is 5.92 Å². The Labute approximate surface area is 130 Å². The summed E-state index contributed by atoms with van der Waals surface area (Å²) < 4.78 is 0. The van der Waals surface area contributed by atoms with E-state index in [-0.39, 0.29) is 6.10 Å². The second-order valence-corrected chi connectivity index (χ2v) is 6.75. The molecular weight excluding hydrogens is 256 g/mol. The summed E-state index contributed by atoms with van der Waals surface area (Å²) in [5, 5.41) is 10.3. The van der Waals surface area contributed by atoms with Gasteiger partial charge in [-0.25, -0.2) is 0 Å². The van der Waals surface area contributed by atoms with E-state index < -0.39 is 0 Å². The highest BCUT2D eigenvalue weighted by Crippen LogP contribution is 2.50. The molecular formula is C20H32O. The summed E-state index contributed by atoms with van der Waals surface area (Å²) in [6.45, 7) is 2.27. The van der Waals surface area contributed by atoms with E-state index in [1.54, 1.807) is 0 Å². The average Bonchev–Trinajstić information content (AvgIpc) is 3.31. The predicted octanol–water partition coefficient (Wildman–Crippen LogP) is 5.68. The van der Waals surface area contributed by atoms with Crippen molar-refractivity contribution < 1.29 is 5.11 Å². The molecule has 118 valence electrons. The molecule has 0 amide bonds. The van der Waals surface area contributed by atoms with E-state index in [2.05, 4.69) is 37.3 Å². The second-order valence-electron chi connectivity index (χ2n) is 6.75. The van der Waals surface area contributed by atoms with Crippen molar-refractivity contribution in [3.05, 3.63) is 35.9 Å². The van der Waals surface area contributed by atoms with Crippen molar-refractivity contribution in [2.24, 2.45) is 5.92 Å². The van der Waals surface area contributed by atoms with Crippen LogP contribution < -0.4 is 0 Å². The van der Waals surface area contributed by atoms with Gasteiger partial charge in [0.15, 0.2) is 0 Å². The van der Waals surface area contributed by atoms with Gasteiger partial charge in [-0.1, -0.05) is 88.6 Å². The molecule has 0 spiro atoms. The molecule has 3 unspecified atom stereocenters. The summed E-state index contributed by atoms with van der Waals surface area (Å²) in [5.41, 5.74) is 1.41. The average molecular weight is 288 g/mol. The van der Waals surface area contributed by atoms with Gasteiger partial charge in [0.1, 0.15) is 0 Å². The molecule has 0 aromatic heterocycles. The summed E-state index contributed by atoms with van der Waals surface area (Å²) >= 11 is 0. The Morgan fingerprint density at radius 1 is 0.952 bits per heavy atom. The number of rotatable bonds is 11. The Kier molecular flexibility index (Phi) is 7.29. The molecule has 1 heteroatoms. The quantitative estimate of drug-likeness (QED) is 0.519. The highest BCUT2D eigenvalue weighted by atomic mass is 16.3. The Morgan fingerprint density at radius 2 is 1.57 bits per heavy atom. The zero-order valence-electron chi connectivity index (χ0n) is 13.6. The van der Waals surface area contributed by atoms with Gasteiger partial charge in [-0.2, -0.15) is 0 Å². The predicted molar refractivity (Wildman–Crippen MR) is 90.5 cm³/mol. The lowest BCUT2D eigenvalue weighted by molar-refractivity contribution is 0.135. The largest absolute Gasteiger partial charge is 0.393 e. The first-order chi connectivity index (χ1) is 10.3. The minimum atomic E-state index is -0.0738. The number of aliphatic hydroxyl groups excluding tert-OH is 1. The standard InChI is InChI=1S/C20H32O/c1-2-3-4-5-6-7-8-12-15-20(21)19-16-18(19)17-13-10-9-11-14-17/h9-11,13-14,18-21H,2-8,12,15-16H2,1H3. The van der Waals surface area contributed by atoms with Gasteiger partial charge in [-0.15, -0.1) is 0 Å². The van der Waals surface area contributed by atoms with Crippen LogP contribution in [0.4, 0.5) is 0 Å². The topological polar surface area (TPSA) is 20.2 Å². The SMILES string of the molecule is CCCCCCCCCCC(O)C1CC1c1ccccc1. The van der Waals surface area contributed by atoms with Crippen LogP contribution in [0.15, 0.2) is 30.3 Å². The van der Waals surface area contributed by atoms with Crippen molar-refractivity contribution in [1.82, 2.24) is 0 Å². The monoisotopic (exact) mass is 288 g/mol. The van der Waals surface area contributed by atoms with E-state index >= 15 is 0 Å². The number of benzene rings is 1. The Balaban J connectivity index is 1.50. The zero-order valence-corrected chi connectivity index (χ0v) is 13.6. The molecule has 1 aliphatic carbocycles. The molecule has 0 saturated heterocycles. The second kappa shape index (κ2) is 9.25. The lowest BCUT2D eigenvalue weighted by atomic mass is 10.0. The number of unbranched alkanes of at least 4 members (excludes halogenated alkanes) is 7. The third kappa shape index (κ3) is 5.82. The molecule has 0 bridgehead atoms. The minimum Gasteiger partial charge on any atom is -0.393 e. The van der Waals surface area contributed by atoms with Crippen LogP contribution in [-0.4, -0.2) is 11.2 Å². The van der Waals surface area contributed by atoms with Crippen molar-refractivity contribution in [2.75, 3.05) is 0 Å². The molecule has 1 nitrogen and oxygen atoms in total. The van der Waals surface area contributed by atoms with E-state index in [9.17, 15) is 5.11 Å². The maximum Gasteiger partial charge on any atom is 0.0574 e. The van der Waals surface area contributed by atoms with Gasteiger partial charge < -0.3 is 5.11 Å². The first-order valence-corrected chi connectivity index (χ1v) is 9.06. The summed E-state index contributed by atoms with van der Waals surface area (Å²) in [6, 6.07) is 10.7. The fourth-order valence-corrected chi connectivity index (χ4v) is 3.42. The number of hydrogen-bond donors (Lipinski definition) is 1. The van der Waals surface area contributed by atoms with Crippen LogP contribution in [0.3, 0.4) is 0 Å². The molecule has 1 fully saturated rings. The fraction of sp³-hybridized carbons (Fsp3) is 0.700. The van der Waals surface area contributed by atoms with Crippen LogP contribution in [0.5, 0.6) is 0 Å². The Hall–Kier alpha value is -0.820. The molecule has 0 aliphatic heterocycles. The van der Waals surface area contributed by atoms with Gasteiger partial charge in [0.25, 0.3) is 0 Å². The zero-order chi connectivity index (χ0) is 14.9. The molecule has 1 aromatic carbocycles. The Bertz CT molecular complexity index is 373. The van der Waals surface area contributed by atoms with Crippen molar-refractivity contribution in [3.8, 4) is 0 Å². The summed E-state index contributed by atoms with van der Waals surface area (Å²) in [5.74, 6) is 1.15. The smallest absolute Gasteiger partial charge is 0.0574 e. The van der Waals surface area contributed by atoms with Crippen LogP contribution in [0.1, 0.15) is 82.6 Å². The van der Waals surface area contributed by atoms with Crippen LogP contribution in [0.25, 0.3) is 0 Å². The van der Waals surface area contributed by atoms with Crippen LogP contribution in [0.2, 0.25) is 0 Å². The third-order valence-corrected chi connectivity index (χ3v) is 4.92. The van der Waals surface area contributed by atoms with Gasteiger partial charge in [-0.3, -0.25) is 0 Å². The molecule has 2 rings (SSSR count). The highest BCUT2D eigenvalue weighted by molar-refractivity contribution is 5.26. The van der Waals surface area contributed by atoms with Crippen LogP contribution >= 0.6 is 0 Å². The lowest BCUT2D eigenvalue weighted by Gasteiger charge is -2.10. The minimum absolute atomic E-state index is 0.0738. The highest BCUT2D eigenvalue weighted by Gasteiger charge is 2.42. The van der Waals surface area contributed by atoms with Gasteiger partial charge in [0.2, 0.25) is 0 Å². The van der Waals surface area contributed by atoms with Crippen LogP contribution in [-0.2, 0) is 0 Å².